The summed E-state index contributed by atoms with van der Waals surface area (Å²) in [6.07, 6.45) is 4.22. The van der Waals surface area contributed by atoms with Crippen molar-refractivity contribution in [3.05, 3.63) is 0 Å². The summed E-state index contributed by atoms with van der Waals surface area (Å²) in [5.41, 5.74) is -2.04. The minimum atomic E-state index is -1.02. The van der Waals surface area contributed by atoms with Crippen molar-refractivity contribution in [3.63, 3.8) is 0 Å². The van der Waals surface area contributed by atoms with E-state index in [9.17, 15) is 15.0 Å². The summed E-state index contributed by atoms with van der Waals surface area (Å²) >= 11 is 0. The molecule has 1 aliphatic carbocycles. The number of aliphatic carboxylic acids is 1. The zero-order valence-corrected chi connectivity index (χ0v) is 9.92. The first-order valence-corrected chi connectivity index (χ1v) is 5.80. The second kappa shape index (κ2) is 4.12. The first-order chi connectivity index (χ1) is 6.84. The van der Waals surface area contributed by atoms with Gasteiger partial charge in [0.05, 0.1) is 11.0 Å². The topological polar surface area (TPSA) is 57.5 Å². The van der Waals surface area contributed by atoms with E-state index in [0.717, 1.165) is 19.3 Å². The molecule has 1 unspecified atom stereocenters. The van der Waals surface area contributed by atoms with Gasteiger partial charge in [0, 0.05) is 0 Å². The fourth-order valence-electron chi connectivity index (χ4n) is 2.64. The molecular formula is C12H22O3. The molecule has 0 aromatic rings. The van der Waals surface area contributed by atoms with Gasteiger partial charge in [-0.3, -0.25) is 4.79 Å². The van der Waals surface area contributed by atoms with Crippen LogP contribution >= 0.6 is 0 Å². The summed E-state index contributed by atoms with van der Waals surface area (Å²) in [6.45, 7) is 5.44. The van der Waals surface area contributed by atoms with Crippen molar-refractivity contribution < 1.29 is 15.0 Å². The molecule has 1 fully saturated rings. The van der Waals surface area contributed by atoms with Crippen molar-refractivity contribution in [2.24, 2.45) is 11.3 Å². The second-order valence-electron chi connectivity index (χ2n) is 5.25. The molecule has 1 rings (SSSR count). The quantitative estimate of drug-likeness (QED) is 0.758. The van der Waals surface area contributed by atoms with Crippen LogP contribution in [0.1, 0.15) is 52.9 Å². The predicted molar refractivity (Wildman–Crippen MR) is 58.6 cm³/mol. The molecule has 0 heterocycles. The molecule has 1 aliphatic rings. The van der Waals surface area contributed by atoms with Crippen LogP contribution in [-0.2, 0) is 4.79 Å². The minimum absolute atomic E-state index is 0.0573. The summed E-state index contributed by atoms with van der Waals surface area (Å²) in [5, 5.41) is 19.9. The maximum atomic E-state index is 11.4. The SMILES string of the molecule is CC(C)C(C)(C(=O)O)C1(O)CCCCC1. The third-order valence-electron chi connectivity index (χ3n) is 4.25. The van der Waals surface area contributed by atoms with Gasteiger partial charge in [-0.1, -0.05) is 33.1 Å². The Kier molecular flexibility index (Phi) is 3.44. The first kappa shape index (κ1) is 12.5. The van der Waals surface area contributed by atoms with E-state index in [0.29, 0.717) is 12.8 Å². The summed E-state index contributed by atoms with van der Waals surface area (Å²) < 4.78 is 0. The average Bonchev–Trinajstić information content (AvgIpc) is 2.16. The van der Waals surface area contributed by atoms with E-state index < -0.39 is 17.0 Å². The van der Waals surface area contributed by atoms with E-state index in [1.165, 1.54) is 0 Å². The lowest BCUT2D eigenvalue weighted by Crippen LogP contribution is -2.55. The normalized spacial score (nSPS) is 24.9. The molecule has 1 atom stereocenters. The molecule has 0 amide bonds. The Bertz CT molecular complexity index is 241. The fraction of sp³-hybridized carbons (Fsp3) is 0.917. The molecule has 0 radical (unpaired) electrons. The second-order valence-corrected chi connectivity index (χ2v) is 5.25. The van der Waals surface area contributed by atoms with Gasteiger partial charge in [-0.25, -0.2) is 0 Å². The van der Waals surface area contributed by atoms with Crippen LogP contribution in [0.2, 0.25) is 0 Å². The Balaban J connectivity index is 3.02. The molecule has 88 valence electrons. The maximum absolute atomic E-state index is 11.4. The molecule has 0 bridgehead atoms. The molecule has 0 aliphatic heterocycles. The number of hydrogen-bond acceptors (Lipinski definition) is 2. The Morgan fingerprint density at radius 1 is 1.27 bits per heavy atom. The zero-order valence-electron chi connectivity index (χ0n) is 9.92. The van der Waals surface area contributed by atoms with Crippen molar-refractivity contribution in [1.82, 2.24) is 0 Å². The molecule has 0 spiro atoms. The molecule has 0 aromatic carbocycles. The molecule has 2 N–H and O–H groups in total. The molecule has 0 aromatic heterocycles. The van der Waals surface area contributed by atoms with Crippen molar-refractivity contribution in [1.29, 1.82) is 0 Å². The largest absolute Gasteiger partial charge is 0.481 e. The van der Waals surface area contributed by atoms with Crippen LogP contribution in [0.5, 0.6) is 0 Å². The number of hydrogen-bond donors (Lipinski definition) is 2. The van der Waals surface area contributed by atoms with E-state index >= 15 is 0 Å². The fourth-order valence-corrected chi connectivity index (χ4v) is 2.64. The van der Waals surface area contributed by atoms with Gasteiger partial charge in [0.2, 0.25) is 0 Å². The van der Waals surface area contributed by atoms with Crippen molar-refractivity contribution in [2.75, 3.05) is 0 Å². The van der Waals surface area contributed by atoms with Crippen molar-refractivity contribution in [2.45, 2.75) is 58.5 Å². The van der Waals surface area contributed by atoms with Crippen LogP contribution in [0.4, 0.5) is 0 Å². The number of carboxylic acid groups (broad SMARTS) is 1. The highest BCUT2D eigenvalue weighted by Gasteiger charge is 2.54. The minimum Gasteiger partial charge on any atom is -0.481 e. The lowest BCUT2D eigenvalue weighted by Gasteiger charge is -2.46. The van der Waals surface area contributed by atoms with E-state index in [1.807, 2.05) is 13.8 Å². The van der Waals surface area contributed by atoms with Crippen molar-refractivity contribution >= 4 is 5.97 Å². The van der Waals surface area contributed by atoms with Crippen LogP contribution in [0.15, 0.2) is 0 Å². The Morgan fingerprint density at radius 3 is 2.07 bits per heavy atom. The van der Waals surface area contributed by atoms with E-state index in [1.54, 1.807) is 6.92 Å². The first-order valence-electron chi connectivity index (χ1n) is 5.80. The maximum Gasteiger partial charge on any atom is 0.312 e. The zero-order chi connectivity index (χ0) is 11.7. The molecular weight excluding hydrogens is 192 g/mol. The summed E-state index contributed by atoms with van der Waals surface area (Å²) in [7, 11) is 0. The highest BCUT2D eigenvalue weighted by molar-refractivity contribution is 5.76. The molecule has 3 heteroatoms. The molecule has 3 nitrogen and oxygen atoms in total. The van der Waals surface area contributed by atoms with Crippen LogP contribution in [-0.4, -0.2) is 21.8 Å². The van der Waals surface area contributed by atoms with Gasteiger partial charge in [-0.05, 0) is 25.7 Å². The van der Waals surface area contributed by atoms with Gasteiger partial charge in [0.1, 0.15) is 0 Å². The van der Waals surface area contributed by atoms with Crippen LogP contribution < -0.4 is 0 Å². The summed E-state index contributed by atoms with van der Waals surface area (Å²) in [6, 6.07) is 0. The summed E-state index contributed by atoms with van der Waals surface area (Å²) in [4.78, 5) is 11.4. The van der Waals surface area contributed by atoms with Gasteiger partial charge in [-0.15, -0.1) is 0 Å². The van der Waals surface area contributed by atoms with Crippen LogP contribution in [0, 0.1) is 11.3 Å². The average molecular weight is 214 g/mol. The molecule has 1 saturated carbocycles. The lowest BCUT2D eigenvalue weighted by atomic mass is 9.61. The third kappa shape index (κ3) is 1.89. The van der Waals surface area contributed by atoms with Gasteiger partial charge in [0.25, 0.3) is 0 Å². The number of carboxylic acids is 1. The van der Waals surface area contributed by atoms with Crippen molar-refractivity contribution in [3.8, 4) is 0 Å². The standard InChI is InChI=1S/C12H22O3/c1-9(2)11(3,10(13)14)12(15)7-5-4-6-8-12/h9,15H,4-8H2,1-3H3,(H,13,14). The number of carbonyl (C=O) groups is 1. The Hall–Kier alpha value is -0.570. The van der Waals surface area contributed by atoms with E-state index in [2.05, 4.69) is 0 Å². The highest BCUT2D eigenvalue weighted by atomic mass is 16.4. The predicted octanol–water partition coefficient (Wildman–Crippen LogP) is 2.43. The Morgan fingerprint density at radius 2 is 1.73 bits per heavy atom. The monoisotopic (exact) mass is 214 g/mol. The van der Waals surface area contributed by atoms with E-state index in [-0.39, 0.29) is 5.92 Å². The molecule has 15 heavy (non-hydrogen) atoms. The van der Waals surface area contributed by atoms with Gasteiger partial charge in [-0.2, -0.15) is 0 Å². The van der Waals surface area contributed by atoms with Gasteiger partial charge >= 0.3 is 5.97 Å². The Labute approximate surface area is 91.5 Å². The van der Waals surface area contributed by atoms with E-state index in [4.69, 9.17) is 0 Å². The highest BCUT2D eigenvalue weighted by Crippen LogP contribution is 2.47. The third-order valence-corrected chi connectivity index (χ3v) is 4.25. The number of rotatable bonds is 3. The van der Waals surface area contributed by atoms with Gasteiger partial charge in [0.15, 0.2) is 0 Å². The van der Waals surface area contributed by atoms with Gasteiger partial charge < -0.3 is 10.2 Å². The van der Waals surface area contributed by atoms with Crippen LogP contribution in [0.25, 0.3) is 0 Å². The summed E-state index contributed by atoms with van der Waals surface area (Å²) in [5.74, 6) is -0.931. The van der Waals surface area contributed by atoms with Crippen LogP contribution in [0.3, 0.4) is 0 Å². The molecule has 0 saturated heterocycles. The number of aliphatic hydroxyl groups is 1. The lowest BCUT2D eigenvalue weighted by molar-refractivity contribution is -0.180. The smallest absolute Gasteiger partial charge is 0.312 e.